The molecule has 4 aromatic rings. The van der Waals surface area contributed by atoms with Crippen molar-refractivity contribution in [2.24, 2.45) is 0 Å². The number of carbonyl (C=O) groups is 3. The lowest BCUT2D eigenvalue weighted by molar-refractivity contribution is -0.115. The van der Waals surface area contributed by atoms with Crippen molar-refractivity contribution in [3.05, 3.63) is 75.9 Å². The summed E-state index contributed by atoms with van der Waals surface area (Å²) in [5, 5.41) is 15.0. The van der Waals surface area contributed by atoms with Crippen molar-refractivity contribution < 1.29 is 28.6 Å². The highest BCUT2D eigenvalue weighted by atomic mass is 32.2. The predicted molar refractivity (Wildman–Crippen MR) is 173 cm³/mol. The first-order valence-electron chi connectivity index (χ1n) is 14.6. The summed E-state index contributed by atoms with van der Waals surface area (Å²) in [6.45, 7) is 3.86. The Morgan fingerprint density at radius 2 is 1.78 bits per heavy atom. The number of nitrogens with one attached hydrogen (secondary N) is 2. The van der Waals surface area contributed by atoms with Crippen molar-refractivity contribution in [2.75, 3.05) is 26.1 Å². The number of para-hydroxylation sites is 2. The van der Waals surface area contributed by atoms with Crippen LogP contribution in [-0.4, -0.2) is 58.6 Å². The Morgan fingerprint density at radius 3 is 2.51 bits per heavy atom. The molecule has 0 saturated heterocycles. The van der Waals surface area contributed by atoms with Gasteiger partial charge in [-0.05, 0) is 81.5 Å². The van der Waals surface area contributed by atoms with Gasteiger partial charge in [-0.1, -0.05) is 23.9 Å². The first-order valence-corrected chi connectivity index (χ1v) is 16.3. The number of thioether (sulfide) groups is 1. The van der Waals surface area contributed by atoms with Crippen LogP contribution in [0.5, 0.6) is 11.5 Å². The lowest BCUT2D eigenvalue weighted by Gasteiger charge is -2.16. The number of esters is 1. The van der Waals surface area contributed by atoms with Crippen LogP contribution < -0.4 is 20.1 Å². The monoisotopic (exact) mass is 649 g/mol. The van der Waals surface area contributed by atoms with Gasteiger partial charge in [0.05, 0.1) is 43.9 Å². The van der Waals surface area contributed by atoms with E-state index < -0.39 is 11.2 Å². The summed E-state index contributed by atoms with van der Waals surface area (Å²) in [6, 6.07) is 14.2. The molecule has 5 rings (SSSR count). The summed E-state index contributed by atoms with van der Waals surface area (Å²) in [4.78, 5) is 40.4. The minimum Gasteiger partial charge on any atom is -0.497 e. The average molecular weight is 650 g/mol. The standard InChI is InChI=1S/C32H35N5O6S2/c1-5-43-31(40)27-22-10-6-9-13-25(22)45-30(27)34-28(38)19(2)44-32-36-35-26(37(32)23-11-7-8-12-24(23)42-4)18-33-29(39)20-14-16-21(41-3)17-15-20/h7-8,11-12,14-17,19H,5-6,9-10,13,18H2,1-4H3,(H,33,39)(H,34,38)/t19-/m0/s1. The number of hydrogen-bond donors (Lipinski definition) is 2. The Bertz CT molecular complexity index is 1680. The summed E-state index contributed by atoms with van der Waals surface area (Å²) in [5.74, 6) is 0.690. The van der Waals surface area contributed by atoms with Crippen LogP contribution in [0.25, 0.3) is 5.69 Å². The van der Waals surface area contributed by atoms with Crippen molar-refractivity contribution in [3.63, 3.8) is 0 Å². The summed E-state index contributed by atoms with van der Waals surface area (Å²) in [5.41, 5.74) is 2.58. The first-order chi connectivity index (χ1) is 21.8. The number of hydrogen-bond acceptors (Lipinski definition) is 10. The van der Waals surface area contributed by atoms with E-state index >= 15 is 0 Å². The van der Waals surface area contributed by atoms with Gasteiger partial charge in [0.25, 0.3) is 5.91 Å². The second-order valence-corrected chi connectivity index (χ2v) is 12.6. The molecule has 11 nitrogen and oxygen atoms in total. The van der Waals surface area contributed by atoms with E-state index in [0.717, 1.165) is 36.1 Å². The van der Waals surface area contributed by atoms with Gasteiger partial charge in [0.1, 0.15) is 16.5 Å². The zero-order valence-electron chi connectivity index (χ0n) is 25.5. The highest BCUT2D eigenvalue weighted by molar-refractivity contribution is 8.00. The highest BCUT2D eigenvalue weighted by Gasteiger charge is 2.29. The van der Waals surface area contributed by atoms with Crippen molar-refractivity contribution in [1.29, 1.82) is 0 Å². The molecule has 0 bridgehead atoms. The fourth-order valence-corrected chi connectivity index (χ4v) is 7.21. The van der Waals surface area contributed by atoms with Crippen molar-refractivity contribution in [1.82, 2.24) is 20.1 Å². The van der Waals surface area contributed by atoms with Crippen LogP contribution in [0.4, 0.5) is 5.00 Å². The Kier molecular flexibility index (Phi) is 10.4. The van der Waals surface area contributed by atoms with E-state index in [1.807, 2.05) is 24.3 Å². The number of rotatable bonds is 12. The van der Waals surface area contributed by atoms with Gasteiger partial charge in [-0.25, -0.2) is 4.79 Å². The number of carbonyl (C=O) groups excluding carboxylic acids is 3. The fraction of sp³-hybridized carbons (Fsp3) is 0.344. The molecule has 0 spiro atoms. The number of amides is 2. The largest absolute Gasteiger partial charge is 0.497 e. The molecule has 1 aliphatic carbocycles. The van der Waals surface area contributed by atoms with Crippen LogP contribution >= 0.6 is 23.1 Å². The van der Waals surface area contributed by atoms with E-state index in [4.69, 9.17) is 14.2 Å². The molecule has 2 heterocycles. The van der Waals surface area contributed by atoms with Gasteiger partial charge in [0.15, 0.2) is 11.0 Å². The van der Waals surface area contributed by atoms with Gasteiger partial charge in [-0.3, -0.25) is 14.2 Å². The zero-order valence-corrected chi connectivity index (χ0v) is 27.2. The van der Waals surface area contributed by atoms with Crippen LogP contribution in [0.2, 0.25) is 0 Å². The molecule has 0 radical (unpaired) electrons. The Labute approximate surface area is 269 Å². The quantitative estimate of drug-likeness (QED) is 0.152. The van der Waals surface area contributed by atoms with E-state index in [9.17, 15) is 14.4 Å². The number of benzene rings is 2. The molecular formula is C32H35N5O6S2. The molecule has 2 amide bonds. The second-order valence-electron chi connectivity index (χ2n) is 10.2. The predicted octanol–water partition coefficient (Wildman–Crippen LogP) is 5.45. The third-order valence-electron chi connectivity index (χ3n) is 7.32. The summed E-state index contributed by atoms with van der Waals surface area (Å²) in [7, 11) is 3.13. The molecule has 1 aliphatic rings. The molecule has 0 saturated carbocycles. The SMILES string of the molecule is CCOC(=O)c1c(NC(=O)[C@H](C)Sc2nnc(CNC(=O)c3ccc(OC)cc3)n2-c2ccccc2OC)sc2c1CCCC2. The number of thiophene rings is 1. The number of fused-ring (bicyclic) bond motifs is 1. The summed E-state index contributed by atoms with van der Waals surface area (Å²) < 4.78 is 17.9. The van der Waals surface area contributed by atoms with Crippen LogP contribution in [0, 0.1) is 0 Å². The topological polar surface area (TPSA) is 134 Å². The molecular weight excluding hydrogens is 615 g/mol. The molecule has 13 heteroatoms. The number of aryl methyl sites for hydroxylation is 1. The fourth-order valence-electron chi connectivity index (χ4n) is 5.05. The van der Waals surface area contributed by atoms with E-state index in [0.29, 0.717) is 44.3 Å². The molecule has 2 aromatic carbocycles. The Balaban J connectivity index is 1.38. The van der Waals surface area contributed by atoms with E-state index in [-0.39, 0.29) is 25.0 Å². The van der Waals surface area contributed by atoms with Gasteiger partial charge in [-0.2, -0.15) is 0 Å². The molecule has 2 N–H and O–H groups in total. The smallest absolute Gasteiger partial charge is 0.341 e. The minimum absolute atomic E-state index is 0.0701. The number of anilines is 1. The lowest BCUT2D eigenvalue weighted by Crippen LogP contribution is -2.25. The van der Waals surface area contributed by atoms with Crippen molar-refractivity contribution in [2.45, 2.75) is 56.5 Å². The van der Waals surface area contributed by atoms with Crippen molar-refractivity contribution >= 4 is 45.9 Å². The highest BCUT2D eigenvalue weighted by Crippen LogP contribution is 2.39. The molecule has 0 fully saturated rings. The minimum atomic E-state index is -0.612. The van der Waals surface area contributed by atoms with Gasteiger partial charge in [-0.15, -0.1) is 21.5 Å². The van der Waals surface area contributed by atoms with Gasteiger partial charge < -0.3 is 24.8 Å². The van der Waals surface area contributed by atoms with E-state index in [1.165, 1.54) is 23.1 Å². The van der Waals surface area contributed by atoms with E-state index in [2.05, 4.69) is 20.8 Å². The molecule has 1 atom stereocenters. The molecule has 2 aromatic heterocycles. The second kappa shape index (κ2) is 14.6. The number of ether oxygens (including phenoxy) is 3. The van der Waals surface area contributed by atoms with Crippen molar-refractivity contribution in [3.8, 4) is 17.2 Å². The van der Waals surface area contributed by atoms with Crippen LogP contribution in [-0.2, 0) is 28.9 Å². The molecule has 0 unspecified atom stereocenters. The number of methoxy groups -OCH3 is 2. The van der Waals surface area contributed by atoms with Crippen LogP contribution in [0.1, 0.15) is 63.7 Å². The lowest BCUT2D eigenvalue weighted by atomic mass is 9.95. The van der Waals surface area contributed by atoms with E-state index in [1.54, 1.807) is 56.9 Å². The first kappa shape index (κ1) is 32.0. The summed E-state index contributed by atoms with van der Waals surface area (Å²) in [6.07, 6.45) is 3.72. The van der Waals surface area contributed by atoms with Gasteiger partial charge in [0, 0.05) is 10.4 Å². The molecule has 0 aliphatic heterocycles. The Hall–Kier alpha value is -4.36. The third kappa shape index (κ3) is 7.15. The maximum atomic E-state index is 13.5. The molecule has 236 valence electrons. The van der Waals surface area contributed by atoms with Crippen LogP contribution in [0.15, 0.2) is 53.7 Å². The Morgan fingerprint density at radius 1 is 1.02 bits per heavy atom. The maximum absolute atomic E-state index is 13.5. The van der Waals surface area contributed by atoms with Crippen LogP contribution in [0.3, 0.4) is 0 Å². The number of aromatic nitrogens is 3. The molecule has 45 heavy (non-hydrogen) atoms. The number of nitrogens with zero attached hydrogens (tertiary/aromatic N) is 3. The third-order valence-corrected chi connectivity index (χ3v) is 9.57. The summed E-state index contributed by atoms with van der Waals surface area (Å²) >= 11 is 2.66. The maximum Gasteiger partial charge on any atom is 0.341 e. The average Bonchev–Trinajstić information content (AvgIpc) is 3.63. The van der Waals surface area contributed by atoms with Gasteiger partial charge in [0.2, 0.25) is 5.91 Å². The van der Waals surface area contributed by atoms with Gasteiger partial charge >= 0.3 is 5.97 Å². The normalized spacial score (nSPS) is 13.0. The zero-order chi connectivity index (χ0) is 31.9.